The molecule has 0 radical (unpaired) electrons. The van der Waals surface area contributed by atoms with Gasteiger partial charge in [0.2, 0.25) is 0 Å². The number of cyclic esters (lactones) is 1. The summed E-state index contributed by atoms with van der Waals surface area (Å²) in [7, 11) is 1.23. The van der Waals surface area contributed by atoms with Crippen molar-refractivity contribution in [3.8, 4) is 0 Å². The normalized spacial score (nSPS) is 24.6. The highest BCUT2D eigenvalue weighted by Crippen LogP contribution is 2.34. The van der Waals surface area contributed by atoms with E-state index in [0.29, 0.717) is 12.5 Å². The van der Waals surface area contributed by atoms with Crippen molar-refractivity contribution in [1.29, 1.82) is 0 Å². The number of hydrogen-bond donors (Lipinski definition) is 0. The van der Waals surface area contributed by atoms with Crippen LogP contribution in [-0.4, -0.2) is 31.3 Å². The Bertz CT molecular complexity index is 473. The Kier molecular flexibility index (Phi) is 4.16. The molecule has 2 rings (SSSR count). The summed E-state index contributed by atoms with van der Waals surface area (Å²) >= 11 is 0. The first-order valence-corrected chi connectivity index (χ1v) is 6.81. The van der Waals surface area contributed by atoms with Crippen molar-refractivity contribution < 1.29 is 23.8 Å². The molecule has 1 heterocycles. The minimum atomic E-state index is -0.932. The Morgan fingerprint density at radius 3 is 2.85 bits per heavy atom. The van der Waals surface area contributed by atoms with E-state index in [1.165, 1.54) is 7.11 Å². The number of hydrogen-bond acceptors (Lipinski definition) is 5. The summed E-state index contributed by atoms with van der Waals surface area (Å²) in [5.41, 5.74) is -1.06. The van der Waals surface area contributed by atoms with E-state index in [0.717, 1.165) is 19.3 Å². The zero-order valence-electron chi connectivity index (χ0n) is 12.1. The maximum absolute atomic E-state index is 11.8. The topological polar surface area (TPSA) is 61.8 Å². The third-order valence-electron chi connectivity index (χ3n) is 3.51. The molecule has 20 heavy (non-hydrogen) atoms. The second-order valence-corrected chi connectivity index (χ2v) is 5.53. The molecule has 110 valence electrons. The SMILES string of the molecule is COC(=O)C1=C(OC[C@H]2C=CCCC2)C(C)(C)OC1=O. The van der Waals surface area contributed by atoms with Crippen molar-refractivity contribution in [2.45, 2.75) is 38.7 Å². The molecular formula is C15H20O5. The predicted molar refractivity (Wildman–Crippen MR) is 71.6 cm³/mol. The van der Waals surface area contributed by atoms with Crippen molar-refractivity contribution in [1.82, 2.24) is 0 Å². The zero-order chi connectivity index (χ0) is 14.8. The highest BCUT2D eigenvalue weighted by atomic mass is 16.6. The minimum absolute atomic E-state index is 0.128. The van der Waals surface area contributed by atoms with Gasteiger partial charge in [0, 0.05) is 5.92 Å². The number of carbonyl (C=O) groups excluding carboxylic acids is 2. The highest BCUT2D eigenvalue weighted by Gasteiger charge is 2.46. The number of methoxy groups -OCH3 is 1. The Morgan fingerprint density at radius 1 is 1.50 bits per heavy atom. The number of esters is 2. The van der Waals surface area contributed by atoms with Crippen LogP contribution in [0.2, 0.25) is 0 Å². The maximum Gasteiger partial charge on any atom is 0.350 e. The molecule has 0 N–H and O–H groups in total. The molecule has 0 saturated heterocycles. The highest BCUT2D eigenvalue weighted by molar-refractivity contribution is 6.16. The predicted octanol–water partition coefficient (Wildman–Crippen LogP) is 2.12. The van der Waals surface area contributed by atoms with Crippen molar-refractivity contribution >= 4 is 11.9 Å². The third kappa shape index (κ3) is 2.86. The van der Waals surface area contributed by atoms with Gasteiger partial charge < -0.3 is 14.2 Å². The molecule has 0 spiro atoms. The Morgan fingerprint density at radius 2 is 2.25 bits per heavy atom. The Balaban J connectivity index is 2.17. The first kappa shape index (κ1) is 14.6. The van der Waals surface area contributed by atoms with Crippen LogP contribution in [0.15, 0.2) is 23.5 Å². The zero-order valence-corrected chi connectivity index (χ0v) is 12.1. The van der Waals surface area contributed by atoms with E-state index < -0.39 is 17.5 Å². The monoisotopic (exact) mass is 280 g/mol. The quantitative estimate of drug-likeness (QED) is 0.448. The van der Waals surface area contributed by atoms with Gasteiger partial charge in [-0.15, -0.1) is 0 Å². The third-order valence-corrected chi connectivity index (χ3v) is 3.51. The summed E-state index contributed by atoms with van der Waals surface area (Å²) in [6.07, 6.45) is 7.53. The van der Waals surface area contributed by atoms with E-state index in [2.05, 4.69) is 16.9 Å². The second kappa shape index (κ2) is 5.69. The summed E-state index contributed by atoms with van der Waals surface area (Å²) in [5, 5.41) is 0. The molecular weight excluding hydrogens is 260 g/mol. The fourth-order valence-corrected chi connectivity index (χ4v) is 2.46. The molecule has 0 unspecified atom stereocenters. The molecule has 5 nitrogen and oxygen atoms in total. The molecule has 0 aromatic heterocycles. The van der Waals surface area contributed by atoms with Gasteiger partial charge in [-0.2, -0.15) is 0 Å². The lowest BCUT2D eigenvalue weighted by Gasteiger charge is -2.24. The largest absolute Gasteiger partial charge is 0.492 e. The molecule has 5 heteroatoms. The Labute approximate surface area is 118 Å². The number of ether oxygens (including phenoxy) is 3. The summed E-state index contributed by atoms with van der Waals surface area (Å²) in [4.78, 5) is 23.5. The lowest BCUT2D eigenvalue weighted by molar-refractivity contribution is -0.148. The maximum atomic E-state index is 11.8. The van der Waals surface area contributed by atoms with Crippen LogP contribution in [0.4, 0.5) is 0 Å². The van der Waals surface area contributed by atoms with Gasteiger partial charge >= 0.3 is 11.9 Å². The second-order valence-electron chi connectivity index (χ2n) is 5.53. The van der Waals surface area contributed by atoms with Crippen LogP contribution in [0.3, 0.4) is 0 Å². The van der Waals surface area contributed by atoms with Gasteiger partial charge in [-0.25, -0.2) is 9.59 Å². The molecule has 0 fully saturated rings. The molecule has 1 atom stereocenters. The molecule has 1 aliphatic carbocycles. The molecule has 1 aliphatic heterocycles. The number of rotatable bonds is 4. The summed E-state index contributed by atoms with van der Waals surface area (Å²) < 4.78 is 15.6. The first-order chi connectivity index (χ1) is 9.45. The standard InChI is InChI=1S/C15H20O5/c1-15(2)12(11(13(16)18-3)14(17)20-15)19-9-10-7-5-4-6-8-10/h5,7,10H,4,6,8-9H2,1-3H3/t10-/m0/s1. The molecule has 0 amide bonds. The van der Waals surface area contributed by atoms with Crippen LogP contribution >= 0.6 is 0 Å². The first-order valence-electron chi connectivity index (χ1n) is 6.81. The summed E-state index contributed by atoms with van der Waals surface area (Å²) in [6.45, 7) is 3.84. The minimum Gasteiger partial charge on any atom is -0.492 e. The van der Waals surface area contributed by atoms with E-state index in [9.17, 15) is 9.59 Å². The fraction of sp³-hybridized carbons (Fsp3) is 0.600. The van der Waals surface area contributed by atoms with Gasteiger partial charge in [0.25, 0.3) is 0 Å². The average molecular weight is 280 g/mol. The summed E-state index contributed by atoms with van der Waals surface area (Å²) in [5.74, 6) is -0.819. The van der Waals surface area contributed by atoms with Gasteiger partial charge in [-0.3, -0.25) is 0 Å². The molecule has 0 bridgehead atoms. The van der Waals surface area contributed by atoms with Crippen LogP contribution in [0.25, 0.3) is 0 Å². The fourth-order valence-electron chi connectivity index (χ4n) is 2.46. The van der Waals surface area contributed by atoms with E-state index >= 15 is 0 Å². The van der Waals surface area contributed by atoms with Crippen LogP contribution in [0.5, 0.6) is 0 Å². The smallest absolute Gasteiger partial charge is 0.350 e. The molecule has 0 aromatic carbocycles. The lowest BCUT2D eigenvalue weighted by Crippen LogP contribution is -2.26. The van der Waals surface area contributed by atoms with Crippen molar-refractivity contribution in [2.24, 2.45) is 5.92 Å². The van der Waals surface area contributed by atoms with E-state index in [4.69, 9.17) is 9.47 Å². The summed E-state index contributed by atoms with van der Waals surface area (Å²) in [6, 6.07) is 0. The molecule has 0 aromatic rings. The Hall–Kier alpha value is -1.78. The van der Waals surface area contributed by atoms with Crippen molar-refractivity contribution in [2.75, 3.05) is 13.7 Å². The van der Waals surface area contributed by atoms with E-state index in [1.54, 1.807) is 13.8 Å². The van der Waals surface area contributed by atoms with E-state index in [1.807, 2.05) is 0 Å². The van der Waals surface area contributed by atoms with Crippen LogP contribution < -0.4 is 0 Å². The average Bonchev–Trinajstić information content (AvgIpc) is 2.65. The van der Waals surface area contributed by atoms with Gasteiger partial charge in [0.1, 0.15) is 0 Å². The number of carbonyl (C=O) groups is 2. The van der Waals surface area contributed by atoms with Crippen LogP contribution in [0.1, 0.15) is 33.1 Å². The van der Waals surface area contributed by atoms with E-state index in [-0.39, 0.29) is 11.3 Å². The number of allylic oxidation sites excluding steroid dienone is 1. The van der Waals surface area contributed by atoms with Gasteiger partial charge in [0.05, 0.1) is 13.7 Å². The van der Waals surface area contributed by atoms with Crippen LogP contribution in [0, 0.1) is 5.92 Å². The van der Waals surface area contributed by atoms with Crippen molar-refractivity contribution in [3.05, 3.63) is 23.5 Å². The molecule has 2 aliphatic rings. The van der Waals surface area contributed by atoms with Gasteiger partial charge in [0.15, 0.2) is 16.9 Å². The van der Waals surface area contributed by atoms with Gasteiger partial charge in [-0.05, 0) is 33.1 Å². The van der Waals surface area contributed by atoms with Crippen molar-refractivity contribution in [3.63, 3.8) is 0 Å². The van der Waals surface area contributed by atoms with Crippen LogP contribution in [-0.2, 0) is 23.8 Å². The van der Waals surface area contributed by atoms with Gasteiger partial charge in [-0.1, -0.05) is 12.2 Å². The lowest BCUT2D eigenvalue weighted by atomic mass is 9.96. The molecule has 0 saturated carbocycles.